The molecule has 2 heteroatoms. The van der Waals surface area contributed by atoms with Gasteiger partial charge in [-0.2, -0.15) is 0 Å². The highest BCUT2D eigenvalue weighted by Crippen LogP contribution is 2.25. The standard InChI is InChI=1S/C16H23NO/c1-12(2)10-14-11-15(17-16(14)18)9-8-13-6-4-3-5-7-13/h3-7,12,14-15H,8-11H2,1-2H3,(H,17,18). The van der Waals surface area contributed by atoms with Gasteiger partial charge in [-0.15, -0.1) is 0 Å². The van der Waals surface area contributed by atoms with E-state index in [1.54, 1.807) is 0 Å². The van der Waals surface area contributed by atoms with E-state index < -0.39 is 0 Å². The fourth-order valence-corrected chi connectivity index (χ4v) is 2.78. The second kappa shape index (κ2) is 6.03. The molecule has 2 unspecified atom stereocenters. The Hall–Kier alpha value is -1.31. The average molecular weight is 245 g/mol. The largest absolute Gasteiger partial charge is 0.353 e. The first-order chi connectivity index (χ1) is 8.65. The number of aryl methyl sites for hydroxylation is 1. The Kier molecular flexibility index (Phi) is 4.40. The molecular formula is C16H23NO. The van der Waals surface area contributed by atoms with Gasteiger partial charge in [0.05, 0.1) is 0 Å². The number of nitrogens with one attached hydrogen (secondary N) is 1. The summed E-state index contributed by atoms with van der Waals surface area (Å²) in [7, 11) is 0. The molecule has 0 aromatic heterocycles. The van der Waals surface area contributed by atoms with E-state index in [0.29, 0.717) is 12.0 Å². The maximum atomic E-state index is 11.8. The molecule has 18 heavy (non-hydrogen) atoms. The number of hydrogen-bond acceptors (Lipinski definition) is 1. The van der Waals surface area contributed by atoms with Crippen LogP contribution in [0, 0.1) is 11.8 Å². The third-order valence-corrected chi connectivity index (χ3v) is 3.67. The monoisotopic (exact) mass is 245 g/mol. The van der Waals surface area contributed by atoms with Crippen molar-refractivity contribution >= 4 is 5.91 Å². The molecule has 98 valence electrons. The van der Waals surface area contributed by atoms with Crippen LogP contribution in [0.25, 0.3) is 0 Å². The van der Waals surface area contributed by atoms with Gasteiger partial charge in [-0.3, -0.25) is 4.79 Å². The molecule has 1 N–H and O–H groups in total. The summed E-state index contributed by atoms with van der Waals surface area (Å²) in [5, 5.41) is 3.14. The third-order valence-electron chi connectivity index (χ3n) is 3.67. The fraction of sp³-hybridized carbons (Fsp3) is 0.562. The van der Waals surface area contributed by atoms with E-state index >= 15 is 0 Å². The number of carbonyl (C=O) groups is 1. The van der Waals surface area contributed by atoms with Crippen LogP contribution in [0.2, 0.25) is 0 Å². The zero-order valence-electron chi connectivity index (χ0n) is 11.4. The maximum absolute atomic E-state index is 11.8. The van der Waals surface area contributed by atoms with Crippen molar-refractivity contribution in [3.8, 4) is 0 Å². The van der Waals surface area contributed by atoms with E-state index in [2.05, 4.69) is 43.4 Å². The van der Waals surface area contributed by atoms with E-state index in [9.17, 15) is 4.79 Å². The molecule has 1 fully saturated rings. The second-order valence-corrected chi connectivity index (χ2v) is 5.79. The van der Waals surface area contributed by atoms with Crippen LogP contribution in [0.1, 0.15) is 38.7 Å². The van der Waals surface area contributed by atoms with E-state index in [0.717, 1.165) is 25.7 Å². The first-order valence-corrected chi connectivity index (χ1v) is 6.99. The Morgan fingerprint density at radius 3 is 2.67 bits per heavy atom. The van der Waals surface area contributed by atoms with Crippen LogP contribution < -0.4 is 5.32 Å². The smallest absolute Gasteiger partial charge is 0.223 e. The van der Waals surface area contributed by atoms with Crippen molar-refractivity contribution in [3.63, 3.8) is 0 Å². The molecule has 1 aliphatic rings. The summed E-state index contributed by atoms with van der Waals surface area (Å²) in [5.41, 5.74) is 1.36. The van der Waals surface area contributed by atoms with Crippen LogP contribution >= 0.6 is 0 Å². The van der Waals surface area contributed by atoms with Crippen LogP contribution in [0.15, 0.2) is 30.3 Å². The second-order valence-electron chi connectivity index (χ2n) is 5.79. The quantitative estimate of drug-likeness (QED) is 0.848. The van der Waals surface area contributed by atoms with Crippen molar-refractivity contribution in [2.45, 2.75) is 45.6 Å². The molecule has 1 aromatic rings. The maximum Gasteiger partial charge on any atom is 0.223 e. The summed E-state index contributed by atoms with van der Waals surface area (Å²) in [6.45, 7) is 4.37. The summed E-state index contributed by atoms with van der Waals surface area (Å²) in [5.74, 6) is 1.11. The van der Waals surface area contributed by atoms with Gasteiger partial charge in [0.1, 0.15) is 0 Å². The lowest BCUT2D eigenvalue weighted by Gasteiger charge is -2.10. The highest BCUT2D eigenvalue weighted by atomic mass is 16.2. The van der Waals surface area contributed by atoms with Crippen LogP contribution in [0.4, 0.5) is 0 Å². The molecule has 1 heterocycles. The topological polar surface area (TPSA) is 29.1 Å². The molecule has 0 spiro atoms. The SMILES string of the molecule is CC(C)CC1CC(CCc2ccccc2)NC1=O. The molecule has 1 saturated heterocycles. The minimum absolute atomic E-state index is 0.241. The predicted molar refractivity (Wildman–Crippen MR) is 74.3 cm³/mol. The molecular weight excluding hydrogens is 222 g/mol. The highest BCUT2D eigenvalue weighted by Gasteiger charge is 2.31. The summed E-state index contributed by atoms with van der Waals surface area (Å²) >= 11 is 0. The lowest BCUT2D eigenvalue weighted by molar-refractivity contribution is -0.123. The molecule has 1 aliphatic heterocycles. The molecule has 1 amide bonds. The first-order valence-electron chi connectivity index (χ1n) is 6.99. The zero-order chi connectivity index (χ0) is 13.0. The Morgan fingerprint density at radius 2 is 2.00 bits per heavy atom. The van der Waals surface area contributed by atoms with Gasteiger partial charge in [-0.1, -0.05) is 44.2 Å². The first kappa shape index (κ1) is 13.1. The van der Waals surface area contributed by atoms with Crippen LogP contribution in [-0.4, -0.2) is 11.9 Å². The molecule has 2 rings (SSSR count). The van der Waals surface area contributed by atoms with Crippen molar-refractivity contribution in [3.05, 3.63) is 35.9 Å². The van der Waals surface area contributed by atoms with E-state index in [1.165, 1.54) is 5.56 Å². The van der Waals surface area contributed by atoms with Crippen molar-refractivity contribution in [1.29, 1.82) is 0 Å². The average Bonchev–Trinajstić information content (AvgIpc) is 2.68. The minimum atomic E-state index is 0.241. The lowest BCUT2D eigenvalue weighted by atomic mass is 9.93. The number of carbonyl (C=O) groups excluding carboxylic acids is 1. The molecule has 0 bridgehead atoms. The van der Waals surface area contributed by atoms with Gasteiger partial charge in [-0.25, -0.2) is 0 Å². The Bertz CT molecular complexity index is 385. The normalized spacial score (nSPS) is 23.4. The molecule has 2 atom stereocenters. The van der Waals surface area contributed by atoms with Gasteiger partial charge in [0.2, 0.25) is 5.91 Å². The van der Waals surface area contributed by atoms with Crippen LogP contribution in [-0.2, 0) is 11.2 Å². The Labute approximate surface area is 110 Å². The van der Waals surface area contributed by atoms with Crippen LogP contribution in [0.5, 0.6) is 0 Å². The van der Waals surface area contributed by atoms with Gasteiger partial charge in [0.25, 0.3) is 0 Å². The van der Waals surface area contributed by atoms with E-state index in [-0.39, 0.29) is 11.8 Å². The lowest BCUT2D eigenvalue weighted by Crippen LogP contribution is -2.26. The molecule has 0 saturated carbocycles. The summed E-state index contributed by atoms with van der Waals surface area (Å²) in [6, 6.07) is 10.9. The van der Waals surface area contributed by atoms with Crippen molar-refractivity contribution < 1.29 is 4.79 Å². The molecule has 0 radical (unpaired) electrons. The zero-order valence-corrected chi connectivity index (χ0v) is 11.4. The molecule has 0 aliphatic carbocycles. The van der Waals surface area contributed by atoms with Gasteiger partial charge in [0, 0.05) is 12.0 Å². The Balaban J connectivity index is 1.80. The number of benzene rings is 1. The highest BCUT2D eigenvalue weighted by molar-refractivity contribution is 5.81. The third kappa shape index (κ3) is 3.59. The predicted octanol–water partition coefficient (Wildman–Crippen LogP) is 3.17. The van der Waals surface area contributed by atoms with Crippen molar-refractivity contribution in [2.75, 3.05) is 0 Å². The summed E-state index contributed by atoms with van der Waals surface area (Å²) in [4.78, 5) is 11.8. The van der Waals surface area contributed by atoms with Crippen molar-refractivity contribution in [2.24, 2.45) is 11.8 Å². The molecule has 1 aromatic carbocycles. The van der Waals surface area contributed by atoms with Gasteiger partial charge in [-0.05, 0) is 37.2 Å². The van der Waals surface area contributed by atoms with Gasteiger partial charge >= 0.3 is 0 Å². The van der Waals surface area contributed by atoms with E-state index in [1.807, 2.05) is 6.07 Å². The summed E-state index contributed by atoms with van der Waals surface area (Å²) < 4.78 is 0. The van der Waals surface area contributed by atoms with Gasteiger partial charge < -0.3 is 5.32 Å². The van der Waals surface area contributed by atoms with Crippen molar-refractivity contribution in [1.82, 2.24) is 5.32 Å². The van der Waals surface area contributed by atoms with Crippen LogP contribution in [0.3, 0.4) is 0 Å². The van der Waals surface area contributed by atoms with E-state index in [4.69, 9.17) is 0 Å². The summed E-state index contributed by atoms with van der Waals surface area (Å²) in [6.07, 6.45) is 4.15. The number of amides is 1. The Morgan fingerprint density at radius 1 is 1.28 bits per heavy atom. The molecule has 2 nitrogen and oxygen atoms in total. The van der Waals surface area contributed by atoms with Gasteiger partial charge in [0.15, 0.2) is 0 Å². The fourth-order valence-electron chi connectivity index (χ4n) is 2.78. The number of hydrogen-bond donors (Lipinski definition) is 1. The number of rotatable bonds is 5. The minimum Gasteiger partial charge on any atom is -0.353 e.